The number of hydrogen-bond acceptors (Lipinski definition) is 5. The van der Waals surface area contributed by atoms with Gasteiger partial charge in [-0.2, -0.15) is 0 Å². The molecule has 126 valence electrons. The van der Waals surface area contributed by atoms with Gasteiger partial charge in [-0.1, -0.05) is 18.2 Å². The molecule has 0 aliphatic carbocycles. The summed E-state index contributed by atoms with van der Waals surface area (Å²) in [6, 6.07) is 9.49. The number of ether oxygens (including phenoxy) is 1. The van der Waals surface area contributed by atoms with E-state index in [0.29, 0.717) is 16.7 Å². The lowest BCUT2D eigenvalue weighted by molar-refractivity contribution is 0.159. The molecule has 1 saturated heterocycles. The third-order valence-electron chi connectivity index (χ3n) is 4.21. The largest absolute Gasteiger partial charge is 0.383 e. The van der Waals surface area contributed by atoms with Crippen molar-refractivity contribution in [3.8, 4) is 0 Å². The molecule has 1 fully saturated rings. The van der Waals surface area contributed by atoms with Crippen LogP contribution in [0.2, 0.25) is 0 Å². The van der Waals surface area contributed by atoms with Crippen LogP contribution in [0.1, 0.15) is 6.42 Å². The van der Waals surface area contributed by atoms with Gasteiger partial charge in [0, 0.05) is 31.4 Å². The van der Waals surface area contributed by atoms with Crippen molar-refractivity contribution in [2.45, 2.75) is 10.6 Å². The summed E-state index contributed by atoms with van der Waals surface area (Å²) in [6.45, 7) is 4.08. The Balaban J connectivity index is 1.59. The topological polar surface area (TPSA) is 58.6 Å². The summed E-state index contributed by atoms with van der Waals surface area (Å²) in [4.78, 5) is 2.32. The second-order valence-corrected chi connectivity index (χ2v) is 8.98. The van der Waals surface area contributed by atoms with Crippen LogP contribution in [0.5, 0.6) is 0 Å². The summed E-state index contributed by atoms with van der Waals surface area (Å²) in [6.07, 6.45) is 1.03. The zero-order valence-corrected chi connectivity index (χ0v) is 14.8. The van der Waals surface area contributed by atoms with Crippen LogP contribution in [0.3, 0.4) is 0 Å². The van der Waals surface area contributed by atoms with E-state index in [1.165, 1.54) is 11.3 Å². The van der Waals surface area contributed by atoms with Crippen molar-refractivity contribution in [3.63, 3.8) is 0 Å². The molecule has 23 heavy (non-hydrogen) atoms. The number of hydrogen-bond donors (Lipinski definition) is 1. The molecule has 2 heterocycles. The van der Waals surface area contributed by atoms with E-state index >= 15 is 0 Å². The van der Waals surface area contributed by atoms with Gasteiger partial charge in [-0.05, 0) is 36.4 Å². The van der Waals surface area contributed by atoms with E-state index in [9.17, 15) is 8.42 Å². The van der Waals surface area contributed by atoms with Gasteiger partial charge in [0.2, 0.25) is 10.0 Å². The van der Waals surface area contributed by atoms with Crippen molar-refractivity contribution < 1.29 is 13.2 Å². The molecule has 1 aromatic carbocycles. The summed E-state index contributed by atoms with van der Waals surface area (Å²) < 4.78 is 34.2. The molecule has 1 N–H and O–H groups in total. The molecule has 1 aliphatic rings. The highest BCUT2D eigenvalue weighted by atomic mass is 32.2. The monoisotopic (exact) mass is 354 g/mol. The first-order valence-electron chi connectivity index (χ1n) is 7.78. The van der Waals surface area contributed by atoms with Crippen LogP contribution in [0.15, 0.2) is 34.5 Å². The fraction of sp³-hybridized carbons (Fsp3) is 0.500. The van der Waals surface area contributed by atoms with Crippen LogP contribution < -0.4 is 4.72 Å². The molecule has 1 aromatic heterocycles. The molecule has 0 saturated carbocycles. The van der Waals surface area contributed by atoms with Crippen LogP contribution in [-0.2, 0) is 14.8 Å². The highest BCUT2D eigenvalue weighted by Crippen LogP contribution is 2.28. The predicted molar refractivity (Wildman–Crippen MR) is 93.4 cm³/mol. The van der Waals surface area contributed by atoms with Crippen LogP contribution in [-0.4, -0.2) is 53.2 Å². The standard InChI is InChI=1S/C16H22N2O3S2/c1-21-9-8-18-7-6-13(12-18)11-17-23(19,20)16-10-14-4-2-3-5-15(14)22-16/h2-5,10,13,17H,6-9,11-12H2,1H3. The number of benzene rings is 1. The summed E-state index contributed by atoms with van der Waals surface area (Å²) in [5.74, 6) is 0.371. The number of likely N-dealkylation sites (tertiary alicyclic amines) is 1. The number of nitrogens with one attached hydrogen (secondary N) is 1. The minimum atomic E-state index is -3.42. The Kier molecular flexibility index (Phi) is 5.33. The van der Waals surface area contributed by atoms with Crippen molar-refractivity contribution in [2.24, 2.45) is 5.92 Å². The molecule has 0 radical (unpaired) electrons. The van der Waals surface area contributed by atoms with E-state index < -0.39 is 10.0 Å². The second-order valence-electron chi connectivity index (χ2n) is 5.90. The van der Waals surface area contributed by atoms with Gasteiger partial charge >= 0.3 is 0 Å². The van der Waals surface area contributed by atoms with E-state index in [0.717, 1.165) is 42.7 Å². The Hall–Kier alpha value is -0.990. The molecule has 1 aliphatic heterocycles. The Morgan fingerprint density at radius 3 is 3.00 bits per heavy atom. The van der Waals surface area contributed by atoms with Crippen molar-refractivity contribution >= 4 is 31.4 Å². The van der Waals surface area contributed by atoms with Crippen molar-refractivity contribution in [1.82, 2.24) is 9.62 Å². The second kappa shape index (κ2) is 7.27. The van der Waals surface area contributed by atoms with E-state index in [4.69, 9.17) is 4.74 Å². The molecule has 1 atom stereocenters. The van der Waals surface area contributed by atoms with E-state index in [1.807, 2.05) is 24.3 Å². The SMILES string of the molecule is COCCN1CCC(CNS(=O)(=O)c2cc3ccccc3s2)C1. The first-order valence-corrected chi connectivity index (χ1v) is 10.1. The molecule has 7 heteroatoms. The minimum Gasteiger partial charge on any atom is -0.383 e. The molecule has 1 unspecified atom stereocenters. The molecule has 2 aromatic rings. The van der Waals surface area contributed by atoms with Crippen LogP contribution in [0.25, 0.3) is 10.1 Å². The maximum Gasteiger partial charge on any atom is 0.250 e. The van der Waals surface area contributed by atoms with Gasteiger partial charge in [-0.25, -0.2) is 13.1 Å². The fourth-order valence-electron chi connectivity index (χ4n) is 2.89. The Bertz CT molecular complexity index is 725. The van der Waals surface area contributed by atoms with Crippen LogP contribution in [0, 0.1) is 5.92 Å². The van der Waals surface area contributed by atoms with Gasteiger partial charge < -0.3 is 9.64 Å². The van der Waals surface area contributed by atoms with E-state index in [2.05, 4.69) is 9.62 Å². The Labute approximate surface area is 141 Å². The summed E-state index contributed by atoms with van der Waals surface area (Å²) >= 11 is 1.32. The van der Waals surface area contributed by atoms with Crippen molar-refractivity contribution in [1.29, 1.82) is 0 Å². The van der Waals surface area contributed by atoms with Crippen LogP contribution >= 0.6 is 11.3 Å². The quantitative estimate of drug-likeness (QED) is 0.828. The van der Waals surface area contributed by atoms with Gasteiger partial charge in [0.1, 0.15) is 4.21 Å². The molecular weight excluding hydrogens is 332 g/mol. The Morgan fingerprint density at radius 2 is 2.22 bits per heavy atom. The normalized spacial score (nSPS) is 19.6. The third-order valence-corrected chi connectivity index (χ3v) is 7.22. The highest BCUT2D eigenvalue weighted by molar-refractivity contribution is 7.91. The zero-order chi connectivity index (χ0) is 16.3. The summed E-state index contributed by atoms with van der Waals surface area (Å²) in [5.41, 5.74) is 0. The van der Waals surface area contributed by atoms with E-state index in [-0.39, 0.29) is 0 Å². The van der Waals surface area contributed by atoms with Gasteiger partial charge in [-0.15, -0.1) is 11.3 Å². The fourth-order valence-corrected chi connectivity index (χ4v) is 5.45. The first kappa shape index (κ1) is 16.9. The van der Waals surface area contributed by atoms with E-state index in [1.54, 1.807) is 13.2 Å². The maximum atomic E-state index is 12.5. The van der Waals surface area contributed by atoms with Gasteiger partial charge in [0.15, 0.2) is 0 Å². The molecule has 5 nitrogen and oxygen atoms in total. The molecule has 3 rings (SSSR count). The Morgan fingerprint density at radius 1 is 1.39 bits per heavy atom. The first-order chi connectivity index (χ1) is 11.1. The van der Waals surface area contributed by atoms with Crippen molar-refractivity contribution in [2.75, 3.05) is 39.9 Å². The lowest BCUT2D eigenvalue weighted by atomic mass is 10.1. The van der Waals surface area contributed by atoms with Crippen molar-refractivity contribution in [3.05, 3.63) is 30.3 Å². The molecular formula is C16H22N2O3S2. The average molecular weight is 354 g/mol. The summed E-state index contributed by atoms with van der Waals surface area (Å²) in [7, 11) is -1.72. The lowest BCUT2D eigenvalue weighted by Crippen LogP contribution is -2.31. The molecule has 0 bridgehead atoms. The minimum absolute atomic E-state index is 0.371. The van der Waals surface area contributed by atoms with Gasteiger partial charge in [0.05, 0.1) is 6.61 Å². The van der Waals surface area contributed by atoms with Gasteiger partial charge in [0.25, 0.3) is 0 Å². The summed E-state index contributed by atoms with van der Waals surface area (Å²) in [5, 5.41) is 0.976. The third kappa shape index (κ3) is 4.10. The number of sulfonamides is 1. The molecule has 0 spiro atoms. The lowest BCUT2D eigenvalue weighted by Gasteiger charge is -2.15. The zero-order valence-electron chi connectivity index (χ0n) is 13.2. The van der Waals surface area contributed by atoms with Gasteiger partial charge in [-0.3, -0.25) is 0 Å². The van der Waals surface area contributed by atoms with Crippen LogP contribution in [0.4, 0.5) is 0 Å². The number of nitrogens with zero attached hydrogens (tertiary/aromatic N) is 1. The smallest absolute Gasteiger partial charge is 0.250 e. The maximum absolute atomic E-state index is 12.5. The average Bonchev–Trinajstić information content (AvgIpc) is 3.18. The highest BCUT2D eigenvalue weighted by Gasteiger charge is 2.25. The predicted octanol–water partition coefficient (Wildman–Crippen LogP) is 2.15. The number of thiophene rings is 1. The number of fused-ring (bicyclic) bond motifs is 1. The molecule has 0 amide bonds. The number of rotatable bonds is 7. The number of methoxy groups -OCH3 is 1.